The highest BCUT2D eigenvalue weighted by molar-refractivity contribution is 5.90. The van der Waals surface area contributed by atoms with Gasteiger partial charge in [-0.25, -0.2) is 9.20 Å². The molecule has 0 atom stereocenters. The van der Waals surface area contributed by atoms with Crippen molar-refractivity contribution < 1.29 is 14.7 Å². The van der Waals surface area contributed by atoms with Crippen LogP contribution in [0.4, 0.5) is 0 Å². The maximum absolute atomic E-state index is 13.0. The molecule has 9 nitrogen and oxygen atoms in total. The standard InChI is InChI=1S/C28H27N5O4/c34-24(29-16-15-26(36)37)18-20-10-4-5-11-22(20)33-25(35)14-13-21(30-33)27-23-12-6-7-17-32(23)31-28(27)19-8-2-1-3-9-19/h1-3,6-9,12-14,17H,4-5,10-11,15-16,18H2,(H,29,34)(H,36,37). The van der Waals surface area contributed by atoms with Gasteiger partial charge in [-0.2, -0.15) is 10.2 Å². The normalized spacial score (nSPS) is 13.6. The summed E-state index contributed by atoms with van der Waals surface area (Å²) in [5, 5.41) is 21.1. The molecule has 9 heteroatoms. The fourth-order valence-electron chi connectivity index (χ4n) is 4.75. The minimum atomic E-state index is -0.965. The van der Waals surface area contributed by atoms with Gasteiger partial charge in [0.2, 0.25) is 5.91 Å². The second-order valence-corrected chi connectivity index (χ2v) is 9.02. The van der Waals surface area contributed by atoms with Crippen molar-refractivity contribution >= 4 is 23.1 Å². The lowest BCUT2D eigenvalue weighted by Gasteiger charge is -2.21. The summed E-state index contributed by atoms with van der Waals surface area (Å²) in [6, 6.07) is 18.9. The van der Waals surface area contributed by atoms with Crippen LogP contribution in [0, 0.1) is 0 Å². The third-order valence-electron chi connectivity index (χ3n) is 6.48. The molecule has 0 radical (unpaired) electrons. The van der Waals surface area contributed by atoms with Gasteiger partial charge in [-0.3, -0.25) is 14.4 Å². The molecule has 1 aliphatic carbocycles. The Kier molecular flexibility index (Phi) is 6.93. The molecule has 2 N–H and O–H groups in total. The van der Waals surface area contributed by atoms with Crippen molar-refractivity contribution in [3.8, 4) is 22.5 Å². The summed E-state index contributed by atoms with van der Waals surface area (Å²) in [5.41, 5.74) is 5.35. The molecule has 1 amide bonds. The van der Waals surface area contributed by atoms with E-state index in [1.807, 2.05) is 59.2 Å². The first-order valence-corrected chi connectivity index (χ1v) is 12.3. The maximum atomic E-state index is 13.0. The molecule has 188 valence electrons. The quantitative estimate of drug-likeness (QED) is 0.380. The van der Waals surface area contributed by atoms with Crippen LogP contribution < -0.4 is 10.9 Å². The van der Waals surface area contributed by atoms with Gasteiger partial charge in [0, 0.05) is 36.5 Å². The molecular weight excluding hydrogens is 470 g/mol. The third kappa shape index (κ3) is 5.20. The number of fused-ring (bicyclic) bond motifs is 1. The van der Waals surface area contributed by atoms with Gasteiger partial charge in [0.15, 0.2) is 0 Å². The molecule has 4 aromatic rings. The van der Waals surface area contributed by atoms with Gasteiger partial charge in [-0.05, 0) is 49.5 Å². The molecule has 0 aliphatic heterocycles. The van der Waals surface area contributed by atoms with Crippen molar-refractivity contribution in [2.45, 2.75) is 38.5 Å². The average molecular weight is 498 g/mol. The average Bonchev–Trinajstić information content (AvgIpc) is 3.29. The minimum absolute atomic E-state index is 0.0709. The molecule has 0 saturated heterocycles. The van der Waals surface area contributed by atoms with Crippen molar-refractivity contribution in [3.63, 3.8) is 0 Å². The number of pyridine rings is 1. The summed E-state index contributed by atoms with van der Waals surface area (Å²) in [5.74, 6) is -1.22. The first-order chi connectivity index (χ1) is 18.0. The zero-order valence-electron chi connectivity index (χ0n) is 20.3. The SMILES string of the molecule is O=C(O)CCNC(=O)CC1=C(n2nc(-c3c(-c4ccccc4)nn4ccccc34)ccc2=O)CCCC1. The fraction of sp³-hybridized carbons (Fsp3) is 0.250. The number of aromatic nitrogens is 4. The molecule has 0 fully saturated rings. The number of carboxylic acid groups (broad SMARTS) is 1. The highest BCUT2D eigenvalue weighted by atomic mass is 16.4. The Morgan fingerprint density at radius 1 is 0.946 bits per heavy atom. The number of rotatable bonds is 8. The van der Waals surface area contributed by atoms with Gasteiger partial charge in [0.25, 0.3) is 5.56 Å². The van der Waals surface area contributed by atoms with Crippen LogP contribution in [0.1, 0.15) is 38.5 Å². The number of amides is 1. The van der Waals surface area contributed by atoms with E-state index in [1.54, 1.807) is 6.07 Å². The molecule has 37 heavy (non-hydrogen) atoms. The Bertz CT molecular complexity index is 1550. The van der Waals surface area contributed by atoms with E-state index in [1.165, 1.54) is 10.7 Å². The molecule has 0 bridgehead atoms. The summed E-state index contributed by atoms with van der Waals surface area (Å²) in [6.45, 7) is 0.0709. The Hall–Kier alpha value is -4.53. The Morgan fingerprint density at radius 3 is 2.54 bits per heavy atom. The summed E-state index contributed by atoms with van der Waals surface area (Å²) in [4.78, 5) is 36.3. The van der Waals surface area contributed by atoms with E-state index >= 15 is 0 Å². The van der Waals surface area contributed by atoms with Crippen LogP contribution in [0.2, 0.25) is 0 Å². The smallest absolute Gasteiger partial charge is 0.305 e. The zero-order chi connectivity index (χ0) is 25.8. The van der Waals surface area contributed by atoms with Gasteiger partial charge in [-0.1, -0.05) is 36.4 Å². The van der Waals surface area contributed by atoms with Gasteiger partial charge >= 0.3 is 5.97 Å². The summed E-state index contributed by atoms with van der Waals surface area (Å²) < 4.78 is 3.23. The van der Waals surface area contributed by atoms with Crippen LogP contribution in [-0.4, -0.2) is 42.9 Å². The Labute approximate surface area is 213 Å². The number of aliphatic carboxylic acids is 1. The number of nitrogens with zero attached hydrogens (tertiary/aromatic N) is 4. The minimum Gasteiger partial charge on any atom is -0.481 e. The van der Waals surface area contributed by atoms with Crippen molar-refractivity contribution in [1.29, 1.82) is 0 Å². The highest BCUT2D eigenvalue weighted by Gasteiger charge is 2.22. The van der Waals surface area contributed by atoms with E-state index in [2.05, 4.69) is 5.32 Å². The van der Waals surface area contributed by atoms with E-state index in [0.29, 0.717) is 18.5 Å². The molecule has 3 aromatic heterocycles. The van der Waals surface area contributed by atoms with Gasteiger partial charge in [0.1, 0.15) is 5.69 Å². The van der Waals surface area contributed by atoms with Crippen LogP contribution in [-0.2, 0) is 9.59 Å². The van der Waals surface area contributed by atoms with E-state index in [0.717, 1.165) is 46.4 Å². The Morgan fingerprint density at radius 2 is 1.73 bits per heavy atom. The maximum Gasteiger partial charge on any atom is 0.305 e. The van der Waals surface area contributed by atoms with E-state index < -0.39 is 5.97 Å². The number of carbonyl (C=O) groups is 2. The molecule has 5 rings (SSSR count). The topological polar surface area (TPSA) is 119 Å². The van der Waals surface area contributed by atoms with Gasteiger partial charge < -0.3 is 10.4 Å². The number of allylic oxidation sites excluding steroid dienone is 1. The van der Waals surface area contributed by atoms with Crippen LogP contribution in [0.15, 0.2) is 77.2 Å². The number of carbonyl (C=O) groups excluding carboxylic acids is 1. The number of nitrogens with one attached hydrogen (secondary N) is 1. The summed E-state index contributed by atoms with van der Waals surface area (Å²) >= 11 is 0. The fourth-order valence-corrected chi connectivity index (χ4v) is 4.75. The largest absolute Gasteiger partial charge is 0.481 e. The van der Waals surface area contributed by atoms with Crippen LogP contribution in [0.25, 0.3) is 33.7 Å². The second-order valence-electron chi connectivity index (χ2n) is 9.02. The first-order valence-electron chi connectivity index (χ1n) is 12.3. The second kappa shape index (κ2) is 10.6. The number of hydrogen-bond acceptors (Lipinski definition) is 5. The lowest BCUT2D eigenvalue weighted by atomic mass is 9.93. The number of hydrogen-bond donors (Lipinski definition) is 2. The van der Waals surface area contributed by atoms with Crippen molar-refractivity contribution in [2.75, 3.05) is 6.54 Å². The molecule has 0 spiro atoms. The van der Waals surface area contributed by atoms with E-state index in [9.17, 15) is 14.4 Å². The molecule has 0 unspecified atom stereocenters. The molecule has 3 heterocycles. The summed E-state index contributed by atoms with van der Waals surface area (Å²) in [7, 11) is 0. The third-order valence-corrected chi connectivity index (χ3v) is 6.48. The lowest BCUT2D eigenvalue weighted by molar-refractivity contribution is -0.136. The van der Waals surface area contributed by atoms with Gasteiger partial charge in [0.05, 0.1) is 23.2 Å². The summed E-state index contributed by atoms with van der Waals surface area (Å²) in [6.07, 6.45) is 4.99. The van der Waals surface area contributed by atoms with Crippen molar-refractivity contribution in [3.05, 3.63) is 82.8 Å². The monoisotopic (exact) mass is 497 g/mol. The zero-order valence-corrected chi connectivity index (χ0v) is 20.3. The number of carboxylic acids is 1. The predicted molar refractivity (Wildman–Crippen MR) is 140 cm³/mol. The van der Waals surface area contributed by atoms with E-state index in [-0.39, 0.29) is 30.9 Å². The molecule has 1 aliphatic rings. The first kappa shape index (κ1) is 24.2. The van der Waals surface area contributed by atoms with Gasteiger partial charge in [-0.15, -0.1) is 0 Å². The molecular formula is C28H27N5O4. The van der Waals surface area contributed by atoms with Crippen LogP contribution >= 0.6 is 0 Å². The van der Waals surface area contributed by atoms with Crippen molar-refractivity contribution in [2.24, 2.45) is 0 Å². The van der Waals surface area contributed by atoms with Crippen LogP contribution in [0.5, 0.6) is 0 Å². The van der Waals surface area contributed by atoms with E-state index in [4.69, 9.17) is 15.3 Å². The highest BCUT2D eigenvalue weighted by Crippen LogP contribution is 2.34. The number of benzene rings is 1. The Balaban J connectivity index is 1.57. The molecule has 0 saturated carbocycles. The lowest BCUT2D eigenvalue weighted by Crippen LogP contribution is -2.28. The van der Waals surface area contributed by atoms with Crippen molar-refractivity contribution in [1.82, 2.24) is 24.7 Å². The van der Waals surface area contributed by atoms with Crippen LogP contribution in [0.3, 0.4) is 0 Å². The predicted octanol–water partition coefficient (Wildman–Crippen LogP) is 3.99. The molecule has 1 aromatic carbocycles.